The van der Waals surface area contributed by atoms with Crippen LogP contribution >= 0.6 is 11.6 Å². The van der Waals surface area contributed by atoms with Crippen LogP contribution < -0.4 is 0 Å². The van der Waals surface area contributed by atoms with Crippen LogP contribution in [0, 0.1) is 5.41 Å². The second-order valence-electron chi connectivity index (χ2n) is 6.35. The van der Waals surface area contributed by atoms with Crippen molar-refractivity contribution in [3.05, 3.63) is 34.9 Å². The van der Waals surface area contributed by atoms with Crippen LogP contribution in [0.3, 0.4) is 0 Å². The van der Waals surface area contributed by atoms with Crippen molar-refractivity contribution < 1.29 is 9.90 Å². The Hall–Kier alpha value is -1.06. The molecule has 1 unspecified atom stereocenters. The molecule has 0 radical (unpaired) electrons. The number of nitrogens with zero attached hydrogens (tertiary/aromatic N) is 1. The first-order valence-electron chi connectivity index (χ1n) is 7.43. The lowest BCUT2D eigenvalue weighted by Crippen LogP contribution is -2.25. The van der Waals surface area contributed by atoms with E-state index in [1.165, 1.54) is 5.56 Å². The van der Waals surface area contributed by atoms with E-state index in [0.29, 0.717) is 12.5 Å². The smallest absolute Gasteiger partial charge is 0.309 e. The quantitative estimate of drug-likeness (QED) is 0.712. The Morgan fingerprint density at radius 3 is 2.38 bits per heavy atom. The van der Waals surface area contributed by atoms with Crippen LogP contribution in [0.25, 0.3) is 0 Å². The molecule has 0 aliphatic carbocycles. The molecule has 0 saturated heterocycles. The van der Waals surface area contributed by atoms with Gasteiger partial charge < -0.3 is 5.11 Å². The molecular weight excluding hydrogens is 286 g/mol. The average molecular weight is 312 g/mol. The molecule has 0 aliphatic rings. The van der Waals surface area contributed by atoms with Gasteiger partial charge in [0.25, 0.3) is 0 Å². The van der Waals surface area contributed by atoms with Crippen molar-refractivity contribution in [3.8, 4) is 0 Å². The summed E-state index contributed by atoms with van der Waals surface area (Å²) in [4.78, 5) is 13.3. The zero-order valence-corrected chi connectivity index (χ0v) is 14.2. The fraction of sp³-hybridized carbons (Fsp3) is 0.588. The molecule has 1 N–H and O–H groups in total. The van der Waals surface area contributed by atoms with Gasteiger partial charge in [0.05, 0.1) is 5.41 Å². The van der Waals surface area contributed by atoms with Gasteiger partial charge in [-0.1, -0.05) is 30.2 Å². The van der Waals surface area contributed by atoms with Gasteiger partial charge in [-0.25, -0.2) is 0 Å². The molecule has 21 heavy (non-hydrogen) atoms. The van der Waals surface area contributed by atoms with E-state index in [-0.39, 0.29) is 0 Å². The van der Waals surface area contributed by atoms with E-state index in [4.69, 9.17) is 16.7 Å². The number of unbranched alkanes of at least 4 members (excludes halogenated alkanes) is 1. The molecule has 4 heteroatoms. The Balaban J connectivity index is 2.38. The van der Waals surface area contributed by atoms with Crippen LogP contribution in [-0.4, -0.2) is 29.6 Å². The van der Waals surface area contributed by atoms with E-state index in [1.807, 2.05) is 12.1 Å². The van der Waals surface area contributed by atoms with Crippen molar-refractivity contribution in [1.82, 2.24) is 4.90 Å². The molecule has 0 heterocycles. The molecule has 1 aromatic rings. The predicted molar refractivity (Wildman–Crippen MR) is 87.8 cm³/mol. The van der Waals surface area contributed by atoms with Crippen LogP contribution in [-0.2, 0) is 4.79 Å². The molecule has 0 amide bonds. The number of halogens is 1. The summed E-state index contributed by atoms with van der Waals surface area (Å²) in [5.41, 5.74) is 0.619. The van der Waals surface area contributed by atoms with Gasteiger partial charge in [-0.15, -0.1) is 0 Å². The van der Waals surface area contributed by atoms with Crippen molar-refractivity contribution in [3.63, 3.8) is 0 Å². The lowest BCUT2D eigenvalue weighted by molar-refractivity contribution is -0.147. The third-order valence-corrected chi connectivity index (χ3v) is 4.41. The molecule has 0 bridgehead atoms. The average Bonchev–Trinajstić information content (AvgIpc) is 2.43. The van der Waals surface area contributed by atoms with Crippen molar-refractivity contribution in [1.29, 1.82) is 0 Å². The van der Waals surface area contributed by atoms with E-state index in [9.17, 15) is 4.79 Å². The van der Waals surface area contributed by atoms with Crippen LogP contribution in [0.2, 0.25) is 5.02 Å². The lowest BCUT2D eigenvalue weighted by atomic mass is 9.87. The Bertz CT molecular complexity index is 456. The molecule has 1 aromatic carbocycles. The number of carboxylic acids is 1. The largest absolute Gasteiger partial charge is 0.481 e. The number of carboxylic acid groups (broad SMARTS) is 1. The van der Waals surface area contributed by atoms with Gasteiger partial charge in [0.15, 0.2) is 0 Å². The van der Waals surface area contributed by atoms with E-state index >= 15 is 0 Å². The summed E-state index contributed by atoms with van der Waals surface area (Å²) in [6.45, 7) is 6.70. The highest BCUT2D eigenvalue weighted by molar-refractivity contribution is 6.30. The minimum Gasteiger partial charge on any atom is -0.481 e. The molecule has 1 rings (SSSR count). The number of hydrogen-bond acceptors (Lipinski definition) is 2. The zero-order chi connectivity index (χ0) is 16.0. The van der Waals surface area contributed by atoms with Crippen LogP contribution in [0.5, 0.6) is 0 Å². The van der Waals surface area contributed by atoms with Crippen molar-refractivity contribution in [2.45, 2.75) is 46.1 Å². The summed E-state index contributed by atoms with van der Waals surface area (Å²) in [5.74, 6) is -0.717. The van der Waals surface area contributed by atoms with Gasteiger partial charge >= 0.3 is 5.97 Å². The van der Waals surface area contributed by atoms with Gasteiger partial charge in [0.1, 0.15) is 0 Å². The van der Waals surface area contributed by atoms with Gasteiger partial charge in [-0.2, -0.15) is 0 Å². The summed E-state index contributed by atoms with van der Waals surface area (Å²) < 4.78 is 0. The van der Waals surface area contributed by atoms with Crippen LogP contribution in [0.4, 0.5) is 0 Å². The maximum atomic E-state index is 11.0. The molecule has 0 fully saturated rings. The SMILES string of the molecule is CC(c1ccc(Cl)cc1)N(C)CCCCC(C)(C)C(=O)O. The molecule has 3 nitrogen and oxygen atoms in total. The molecule has 0 spiro atoms. The summed E-state index contributed by atoms with van der Waals surface area (Å²) in [5, 5.41) is 9.84. The van der Waals surface area contributed by atoms with E-state index in [2.05, 4.69) is 31.0 Å². The molecule has 0 aromatic heterocycles. The number of carbonyl (C=O) groups is 1. The molecule has 118 valence electrons. The maximum absolute atomic E-state index is 11.0. The fourth-order valence-corrected chi connectivity index (χ4v) is 2.35. The molecule has 0 aliphatic heterocycles. The highest BCUT2D eigenvalue weighted by Crippen LogP contribution is 2.25. The van der Waals surface area contributed by atoms with Gasteiger partial charge in [0.2, 0.25) is 0 Å². The number of rotatable bonds is 8. The standard InChI is InChI=1S/C17H26ClNO2/c1-13(14-7-9-15(18)10-8-14)19(4)12-6-5-11-17(2,3)16(20)21/h7-10,13H,5-6,11-12H2,1-4H3,(H,20,21). The van der Waals surface area contributed by atoms with Crippen molar-refractivity contribution >= 4 is 17.6 Å². The first kappa shape index (κ1) is 18.0. The molecule has 1 atom stereocenters. The molecular formula is C17H26ClNO2. The Morgan fingerprint density at radius 2 is 1.86 bits per heavy atom. The van der Waals surface area contributed by atoms with Crippen molar-refractivity contribution in [2.75, 3.05) is 13.6 Å². The number of hydrogen-bond donors (Lipinski definition) is 1. The van der Waals surface area contributed by atoms with E-state index in [1.54, 1.807) is 13.8 Å². The van der Waals surface area contributed by atoms with Gasteiger partial charge in [-0.3, -0.25) is 9.69 Å². The van der Waals surface area contributed by atoms with Gasteiger partial charge in [0, 0.05) is 11.1 Å². The van der Waals surface area contributed by atoms with Gasteiger partial charge in [-0.05, 0) is 64.9 Å². The monoisotopic (exact) mass is 311 g/mol. The van der Waals surface area contributed by atoms with Crippen LogP contribution in [0.15, 0.2) is 24.3 Å². The number of aliphatic carboxylic acids is 1. The fourth-order valence-electron chi connectivity index (χ4n) is 2.22. The normalized spacial score (nSPS) is 13.4. The third kappa shape index (κ3) is 5.68. The summed E-state index contributed by atoms with van der Waals surface area (Å²) in [7, 11) is 2.10. The first-order chi connectivity index (χ1) is 9.74. The predicted octanol–water partition coefficient (Wildman–Crippen LogP) is 4.61. The number of benzene rings is 1. The lowest BCUT2D eigenvalue weighted by Gasteiger charge is -2.26. The zero-order valence-electron chi connectivity index (χ0n) is 13.4. The van der Waals surface area contributed by atoms with Crippen molar-refractivity contribution in [2.24, 2.45) is 5.41 Å². The second kappa shape index (κ2) is 7.81. The summed E-state index contributed by atoms with van der Waals surface area (Å²) in [6, 6.07) is 8.26. The highest BCUT2D eigenvalue weighted by atomic mass is 35.5. The topological polar surface area (TPSA) is 40.5 Å². The van der Waals surface area contributed by atoms with E-state index in [0.717, 1.165) is 24.4 Å². The second-order valence-corrected chi connectivity index (χ2v) is 6.79. The highest BCUT2D eigenvalue weighted by Gasteiger charge is 2.26. The van der Waals surface area contributed by atoms with E-state index < -0.39 is 11.4 Å². The maximum Gasteiger partial charge on any atom is 0.309 e. The third-order valence-electron chi connectivity index (χ3n) is 4.16. The molecule has 0 saturated carbocycles. The first-order valence-corrected chi connectivity index (χ1v) is 7.81. The minimum atomic E-state index is -0.717. The Labute approximate surface area is 132 Å². The summed E-state index contributed by atoms with van der Waals surface area (Å²) in [6.07, 6.45) is 2.65. The van der Waals surface area contributed by atoms with Crippen LogP contribution in [0.1, 0.15) is 51.6 Å². The minimum absolute atomic E-state index is 0.328. The Kier molecular flexibility index (Phi) is 6.69. The summed E-state index contributed by atoms with van der Waals surface area (Å²) >= 11 is 5.91. The Morgan fingerprint density at radius 1 is 1.29 bits per heavy atom.